The number of amides is 3. The highest BCUT2D eigenvalue weighted by atomic mass is 16.5. The van der Waals surface area contributed by atoms with Gasteiger partial charge in [0.1, 0.15) is 6.61 Å². The Morgan fingerprint density at radius 1 is 1.26 bits per heavy atom. The van der Waals surface area contributed by atoms with Gasteiger partial charge in [-0.15, -0.1) is 0 Å². The zero-order valence-electron chi connectivity index (χ0n) is 14.7. The molecule has 0 unspecified atom stereocenters. The fraction of sp³-hybridized carbons (Fsp3) is 0.875. The molecule has 2 fully saturated rings. The van der Waals surface area contributed by atoms with Gasteiger partial charge in [0.2, 0.25) is 5.91 Å². The molecular weight excluding hydrogens is 298 g/mol. The van der Waals surface area contributed by atoms with Crippen molar-refractivity contribution in [1.82, 2.24) is 14.7 Å². The van der Waals surface area contributed by atoms with Crippen LogP contribution in [0.5, 0.6) is 0 Å². The molecule has 23 heavy (non-hydrogen) atoms. The smallest absolute Gasteiger partial charge is 0.319 e. The maximum Gasteiger partial charge on any atom is 0.319 e. The van der Waals surface area contributed by atoms with Crippen molar-refractivity contribution in [2.75, 3.05) is 61.1 Å². The van der Waals surface area contributed by atoms with Crippen LogP contribution in [0.15, 0.2) is 0 Å². The van der Waals surface area contributed by atoms with Gasteiger partial charge >= 0.3 is 6.03 Å². The van der Waals surface area contributed by atoms with E-state index in [-0.39, 0.29) is 30.1 Å². The van der Waals surface area contributed by atoms with Crippen LogP contribution >= 0.6 is 0 Å². The van der Waals surface area contributed by atoms with Crippen molar-refractivity contribution < 1.29 is 19.1 Å². The van der Waals surface area contributed by atoms with Gasteiger partial charge in [0.15, 0.2) is 0 Å². The fourth-order valence-corrected chi connectivity index (χ4v) is 3.42. The van der Waals surface area contributed by atoms with E-state index in [1.54, 1.807) is 33.1 Å². The maximum absolute atomic E-state index is 12.3. The van der Waals surface area contributed by atoms with Crippen LogP contribution in [0.1, 0.15) is 19.3 Å². The van der Waals surface area contributed by atoms with E-state index in [1.165, 1.54) is 4.90 Å². The zero-order valence-corrected chi connectivity index (χ0v) is 14.7. The normalized spacial score (nSPS) is 27.3. The third kappa shape index (κ3) is 4.14. The first-order valence-corrected chi connectivity index (χ1v) is 8.21. The molecule has 0 bridgehead atoms. The third-order valence-electron chi connectivity index (χ3n) is 4.75. The molecule has 7 nitrogen and oxygen atoms in total. The summed E-state index contributed by atoms with van der Waals surface area (Å²) in [4.78, 5) is 29.0. The number of nitrogens with zero attached hydrogens (tertiary/aromatic N) is 3. The lowest BCUT2D eigenvalue weighted by Gasteiger charge is -2.50. The average molecular weight is 327 g/mol. The highest BCUT2D eigenvalue weighted by molar-refractivity contribution is 5.76. The molecule has 0 aromatic heterocycles. The summed E-state index contributed by atoms with van der Waals surface area (Å²) >= 11 is 0. The van der Waals surface area contributed by atoms with Crippen LogP contribution < -0.4 is 0 Å². The molecule has 2 aliphatic heterocycles. The molecule has 7 heteroatoms. The molecule has 2 heterocycles. The number of likely N-dealkylation sites (N-methyl/N-ethyl adjacent to an activating group) is 1. The fourth-order valence-electron chi connectivity index (χ4n) is 3.42. The minimum atomic E-state index is -0.200. The number of rotatable bonds is 4. The minimum absolute atomic E-state index is 0.0257. The molecule has 0 saturated carbocycles. The lowest BCUT2D eigenvalue weighted by Crippen LogP contribution is -2.59. The molecule has 0 radical (unpaired) electrons. The molecule has 132 valence electrons. The third-order valence-corrected chi connectivity index (χ3v) is 4.75. The molecule has 2 rings (SSSR count). The van der Waals surface area contributed by atoms with Gasteiger partial charge in [0, 0.05) is 53.3 Å². The molecule has 0 aromatic rings. The zero-order chi connectivity index (χ0) is 17.0. The first-order chi connectivity index (χ1) is 10.9. The number of fused-ring (bicyclic) bond motifs is 1. The van der Waals surface area contributed by atoms with Crippen LogP contribution in [0.2, 0.25) is 0 Å². The highest BCUT2D eigenvalue weighted by Crippen LogP contribution is 2.40. The van der Waals surface area contributed by atoms with Gasteiger partial charge in [-0.1, -0.05) is 0 Å². The Balaban J connectivity index is 2.02. The van der Waals surface area contributed by atoms with E-state index >= 15 is 0 Å². The Hall–Kier alpha value is -1.34. The Morgan fingerprint density at radius 3 is 2.65 bits per heavy atom. The predicted octanol–water partition coefficient (Wildman–Crippen LogP) is 0.644. The second-order valence-electron chi connectivity index (χ2n) is 6.99. The molecule has 2 aliphatic rings. The van der Waals surface area contributed by atoms with Crippen molar-refractivity contribution in [3.8, 4) is 0 Å². The summed E-state index contributed by atoms with van der Waals surface area (Å²) in [6.45, 7) is 2.63. The second-order valence-corrected chi connectivity index (χ2v) is 6.99. The predicted molar refractivity (Wildman–Crippen MR) is 86.2 cm³/mol. The number of carbonyl (C=O) groups is 2. The average Bonchev–Trinajstić information content (AvgIpc) is 2.53. The Labute approximate surface area is 138 Å². The van der Waals surface area contributed by atoms with E-state index in [2.05, 4.69) is 0 Å². The molecule has 2 saturated heterocycles. The number of urea groups is 1. The van der Waals surface area contributed by atoms with Crippen molar-refractivity contribution in [2.45, 2.75) is 25.4 Å². The number of piperidine rings is 1. The number of hydrogen-bond acceptors (Lipinski definition) is 4. The monoisotopic (exact) mass is 327 g/mol. The Kier molecular flexibility index (Phi) is 5.86. The van der Waals surface area contributed by atoms with E-state index in [0.717, 1.165) is 25.9 Å². The van der Waals surface area contributed by atoms with E-state index in [1.807, 2.05) is 4.90 Å². The van der Waals surface area contributed by atoms with E-state index < -0.39 is 0 Å². The van der Waals surface area contributed by atoms with Crippen molar-refractivity contribution in [1.29, 1.82) is 0 Å². The number of ether oxygens (including phenoxy) is 2. The summed E-state index contributed by atoms with van der Waals surface area (Å²) in [5, 5.41) is 0. The van der Waals surface area contributed by atoms with Crippen LogP contribution in [0.4, 0.5) is 4.79 Å². The van der Waals surface area contributed by atoms with Gasteiger partial charge < -0.3 is 24.2 Å². The van der Waals surface area contributed by atoms with Gasteiger partial charge in [-0.05, 0) is 19.3 Å². The van der Waals surface area contributed by atoms with Crippen LogP contribution in [-0.2, 0) is 14.3 Å². The summed E-state index contributed by atoms with van der Waals surface area (Å²) < 4.78 is 11.7. The standard InChI is InChI=1S/C16H29N3O4/c1-17(2)14(20)10-22-12-16-7-5-9-23-13(16)6-8-19(11-16)15(21)18(3)4/h13H,5-12H2,1-4H3/t13-,16-/m1/s1. The van der Waals surface area contributed by atoms with Gasteiger partial charge in [0.25, 0.3) is 0 Å². The molecule has 2 atom stereocenters. The van der Waals surface area contributed by atoms with E-state index in [4.69, 9.17) is 9.47 Å². The van der Waals surface area contributed by atoms with Crippen molar-refractivity contribution >= 4 is 11.9 Å². The van der Waals surface area contributed by atoms with E-state index in [9.17, 15) is 9.59 Å². The maximum atomic E-state index is 12.3. The summed E-state index contributed by atoms with van der Waals surface area (Å²) in [5.74, 6) is -0.0493. The van der Waals surface area contributed by atoms with Crippen LogP contribution in [0, 0.1) is 5.41 Å². The summed E-state index contributed by atoms with van der Waals surface area (Å²) in [5.41, 5.74) is -0.200. The summed E-state index contributed by atoms with van der Waals surface area (Å²) in [7, 11) is 6.97. The lowest BCUT2D eigenvalue weighted by atomic mass is 9.73. The summed E-state index contributed by atoms with van der Waals surface area (Å²) in [6, 6.07) is 0.0257. The van der Waals surface area contributed by atoms with Gasteiger partial charge in [-0.3, -0.25) is 4.79 Å². The topological polar surface area (TPSA) is 62.3 Å². The molecule has 3 amide bonds. The molecule has 0 spiro atoms. The molecule has 0 aromatic carbocycles. The van der Waals surface area contributed by atoms with Gasteiger partial charge in [-0.2, -0.15) is 0 Å². The molecule has 0 aliphatic carbocycles. The molecular formula is C16H29N3O4. The SMILES string of the molecule is CN(C)C(=O)COC[C@]12CCCO[C@@H]1CCN(C(=O)N(C)C)C2. The largest absolute Gasteiger partial charge is 0.377 e. The second kappa shape index (κ2) is 7.49. The van der Waals surface area contributed by atoms with E-state index in [0.29, 0.717) is 19.7 Å². The highest BCUT2D eigenvalue weighted by Gasteiger charge is 2.47. The first kappa shape index (κ1) is 18.0. The van der Waals surface area contributed by atoms with Crippen LogP contribution in [0.25, 0.3) is 0 Å². The van der Waals surface area contributed by atoms with Gasteiger partial charge in [-0.25, -0.2) is 4.79 Å². The van der Waals surface area contributed by atoms with Crippen molar-refractivity contribution in [3.05, 3.63) is 0 Å². The summed E-state index contributed by atoms with van der Waals surface area (Å²) in [6.07, 6.45) is 2.86. The minimum Gasteiger partial charge on any atom is -0.377 e. The lowest BCUT2D eigenvalue weighted by molar-refractivity contribution is -0.155. The van der Waals surface area contributed by atoms with Crippen LogP contribution in [-0.4, -0.2) is 93.8 Å². The quantitative estimate of drug-likeness (QED) is 0.760. The van der Waals surface area contributed by atoms with Crippen molar-refractivity contribution in [3.63, 3.8) is 0 Å². The van der Waals surface area contributed by atoms with Gasteiger partial charge in [0.05, 0.1) is 12.7 Å². The number of hydrogen-bond donors (Lipinski definition) is 0. The first-order valence-electron chi connectivity index (χ1n) is 8.21. The number of carbonyl (C=O) groups excluding carboxylic acids is 2. The van der Waals surface area contributed by atoms with Crippen molar-refractivity contribution in [2.24, 2.45) is 5.41 Å². The van der Waals surface area contributed by atoms with Crippen LogP contribution in [0.3, 0.4) is 0 Å². The number of likely N-dealkylation sites (tertiary alicyclic amines) is 1. The Bertz CT molecular complexity index is 441. The Morgan fingerprint density at radius 2 is 2.00 bits per heavy atom. The molecule has 0 N–H and O–H groups in total.